The van der Waals surface area contributed by atoms with E-state index in [9.17, 15) is 0 Å². The zero-order valence-electron chi connectivity index (χ0n) is 11.7. The number of likely N-dealkylation sites (tertiary alicyclic amines) is 1. The number of hydrogen-bond donors (Lipinski definition) is 1. The van der Waals surface area contributed by atoms with Crippen LogP contribution in [-0.2, 0) is 0 Å². The average Bonchev–Trinajstić information content (AvgIpc) is 2.32. The fourth-order valence-electron chi connectivity index (χ4n) is 2.62. The molecule has 3 heteroatoms. The summed E-state index contributed by atoms with van der Waals surface area (Å²) in [5, 5.41) is 8.70. The van der Waals surface area contributed by atoms with Gasteiger partial charge < -0.3 is 14.9 Å². The van der Waals surface area contributed by atoms with Crippen LogP contribution in [0, 0.1) is 5.92 Å². The van der Waals surface area contributed by atoms with Gasteiger partial charge in [0.2, 0.25) is 0 Å². The molecule has 0 saturated carbocycles. The Labute approximate surface area is 107 Å². The highest BCUT2D eigenvalue weighted by molar-refractivity contribution is 4.72. The lowest BCUT2D eigenvalue weighted by Crippen LogP contribution is -2.36. The minimum atomic E-state index is 0.353. The van der Waals surface area contributed by atoms with Crippen molar-refractivity contribution in [3.8, 4) is 0 Å². The Morgan fingerprint density at radius 2 is 1.76 bits per heavy atom. The van der Waals surface area contributed by atoms with Gasteiger partial charge in [0.15, 0.2) is 0 Å². The molecule has 0 aromatic carbocycles. The number of piperidine rings is 1. The molecule has 1 fully saturated rings. The van der Waals surface area contributed by atoms with Crippen molar-refractivity contribution < 1.29 is 5.11 Å². The maximum atomic E-state index is 8.70. The van der Waals surface area contributed by atoms with Gasteiger partial charge in [-0.3, -0.25) is 0 Å². The summed E-state index contributed by atoms with van der Waals surface area (Å²) in [5.41, 5.74) is 0. The molecule has 1 aliphatic heterocycles. The van der Waals surface area contributed by atoms with E-state index in [0.29, 0.717) is 6.61 Å². The summed E-state index contributed by atoms with van der Waals surface area (Å²) in [5.74, 6) is 0.911. The van der Waals surface area contributed by atoms with E-state index >= 15 is 0 Å². The lowest BCUT2D eigenvalue weighted by molar-refractivity contribution is 0.175. The summed E-state index contributed by atoms with van der Waals surface area (Å²) < 4.78 is 0. The van der Waals surface area contributed by atoms with Crippen molar-refractivity contribution in [1.29, 1.82) is 0 Å². The summed E-state index contributed by atoms with van der Waals surface area (Å²) in [6, 6.07) is 0. The maximum Gasteiger partial charge on any atom is 0.0431 e. The molecule has 1 aliphatic rings. The van der Waals surface area contributed by atoms with Crippen LogP contribution in [0.3, 0.4) is 0 Å². The summed E-state index contributed by atoms with van der Waals surface area (Å²) in [6.45, 7) is 5.39. The van der Waals surface area contributed by atoms with Gasteiger partial charge in [0, 0.05) is 13.2 Å². The quantitative estimate of drug-likeness (QED) is 0.658. The Balaban J connectivity index is 1.98. The molecular formula is C14H30N2O. The summed E-state index contributed by atoms with van der Waals surface area (Å²) in [7, 11) is 4.48. The first-order chi connectivity index (χ1) is 8.22. The van der Waals surface area contributed by atoms with E-state index in [0.717, 1.165) is 12.3 Å². The third-order valence-electron chi connectivity index (χ3n) is 3.86. The van der Waals surface area contributed by atoms with Gasteiger partial charge in [0.1, 0.15) is 0 Å². The first-order valence-corrected chi connectivity index (χ1v) is 7.20. The van der Waals surface area contributed by atoms with Gasteiger partial charge in [0.25, 0.3) is 0 Å². The molecule has 0 aliphatic carbocycles. The van der Waals surface area contributed by atoms with Crippen molar-refractivity contribution in [3.05, 3.63) is 0 Å². The van der Waals surface area contributed by atoms with Crippen LogP contribution in [-0.4, -0.2) is 61.8 Å². The van der Waals surface area contributed by atoms with E-state index in [1.54, 1.807) is 0 Å². The first-order valence-electron chi connectivity index (χ1n) is 7.20. The third-order valence-corrected chi connectivity index (χ3v) is 3.86. The van der Waals surface area contributed by atoms with Crippen molar-refractivity contribution in [2.45, 2.75) is 38.5 Å². The minimum absolute atomic E-state index is 0.353. The molecule has 0 bridgehead atoms. The molecule has 17 heavy (non-hydrogen) atoms. The normalized spacial score (nSPS) is 19.1. The molecule has 1 rings (SSSR count). The van der Waals surface area contributed by atoms with Crippen LogP contribution < -0.4 is 0 Å². The number of rotatable bonds is 8. The average molecular weight is 242 g/mol. The number of hydrogen-bond acceptors (Lipinski definition) is 3. The van der Waals surface area contributed by atoms with Gasteiger partial charge in [-0.15, -0.1) is 0 Å². The number of nitrogens with zero attached hydrogens (tertiary/aromatic N) is 2. The zero-order chi connectivity index (χ0) is 12.5. The standard InChI is InChI=1S/C14H30N2O/c1-15-10-7-14(8-11-15)13-16(2)9-5-3-4-6-12-17/h14,17H,3-13H2,1-2H3. The summed E-state index contributed by atoms with van der Waals surface area (Å²) in [4.78, 5) is 4.93. The van der Waals surface area contributed by atoms with Crippen molar-refractivity contribution in [2.24, 2.45) is 5.92 Å². The van der Waals surface area contributed by atoms with Crippen molar-refractivity contribution in [1.82, 2.24) is 9.80 Å². The Morgan fingerprint density at radius 1 is 1.12 bits per heavy atom. The smallest absolute Gasteiger partial charge is 0.0431 e. The van der Waals surface area contributed by atoms with E-state index in [1.807, 2.05) is 0 Å². The van der Waals surface area contributed by atoms with Crippen LogP contribution in [0.25, 0.3) is 0 Å². The lowest BCUT2D eigenvalue weighted by Gasteiger charge is -2.31. The van der Waals surface area contributed by atoms with Crippen LogP contribution in [0.1, 0.15) is 38.5 Å². The molecular weight excluding hydrogens is 212 g/mol. The van der Waals surface area contributed by atoms with E-state index in [4.69, 9.17) is 5.11 Å². The van der Waals surface area contributed by atoms with Crippen LogP contribution in [0.15, 0.2) is 0 Å². The molecule has 1 saturated heterocycles. The summed E-state index contributed by atoms with van der Waals surface area (Å²) >= 11 is 0. The molecule has 102 valence electrons. The van der Waals surface area contributed by atoms with E-state index < -0.39 is 0 Å². The molecule has 0 atom stereocenters. The van der Waals surface area contributed by atoms with Crippen LogP contribution >= 0.6 is 0 Å². The maximum absolute atomic E-state index is 8.70. The molecule has 0 radical (unpaired) electrons. The van der Waals surface area contributed by atoms with Crippen LogP contribution in [0.4, 0.5) is 0 Å². The molecule has 0 aromatic rings. The van der Waals surface area contributed by atoms with E-state index in [2.05, 4.69) is 23.9 Å². The molecule has 1 N–H and O–H groups in total. The predicted molar refractivity (Wildman–Crippen MR) is 73.3 cm³/mol. The van der Waals surface area contributed by atoms with Crippen molar-refractivity contribution in [3.63, 3.8) is 0 Å². The largest absolute Gasteiger partial charge is 0.396 e. The van der Waals surface area contributed by atoms with Gasteiger partial charge in [-0.2, -0.15) is 0 Å². The highest BCUT2D eigenvalue weighted by Crippen LogP contribution is 2.16. The van der Waals surface area contributed by atoms with Gasteiger partial charge in [0.05, 0.1) is 0 Å². The molecule has 0 aromatic heterocycles. The Bertz CT molecular complexity index is 179. The number of aliphatic hydroxyl groups excluding tert-OH is 1. The van der Waals surface area contributed by atoms with Gasteiger partial charge in [-0.05, 0) is 65.3 Å². The van der Waals surface area contributed by atoms with Crippen LogP contribution in [0.5, 0.6) is 0 Å². The summed E-state index contributed by atoms with van der Waals surface area (Å²) in [6.07, 6.45) is 7.43. The zero-order valence-corrected chi connectivity index (χ0v) is 11.7. The fraction of sp³-hybridized carbons (Fsp3) is 1.00. The van der Waals surface area contributed by atoms with Gasteiger partial charge in [-0.1, -0.05) is 12.8 Å². The monoisotopic (exact) mass is 242 g/mol. The second kappa shape index (κ2) is 8.90. The lowest BCUT2D eigenvalue weighted by atomic mass is 9.96. The van der Waals surface area contributed by atoms with Crippen molar-refractivity contribution in [2.75, 3.05) is 46.9 Å². The number of aliphatic hydroxyl groups is 1. The van der Waals surface area contributed by atoms with Gasteiger partial charge in [-0.25, -0.2) is 0 Å². The highest BCUT2D eigenvalue weighted by atomic mass is 16.2. The van der Waals surface area contributed by atoms with E-state index in [1.165, 1.54) is 58.3 Å². The first kappa shape index (κ1) is 14.9. The Morgan fingerprint density at radius 3 is 2.41 bits per heavy atom. The second-order valence-electron chi connectivity index (χ2n) is 5.65. The molecule has 0 unspecified atom stereocenters. The Kier molecular flexibility index (Phi) is 7.82. The van der Waals surface area contributed by atoms with E-state index in [-0.39, 0.29) is 0 Å². The van der Waals surface area contributed by atoms with Gasteiger partial charge >= 0.3 is 0 Å². The number of unbranched alkanes of at least 4 members (excludes halogenated alkanes) is 3. The SMILES string of the molecule is CN1CCC(CN(C)CCCCCCO)CC1. The Hall–Kier alpha value is -0.120. The molecule has 3 nitrogen and oxygen atoms in total. The van der Waals surface area contributed by atoms with Crippen LogP contribution in [0.2, 0.25) is 0 Å². The second-order valence-corrected chi connectivity index (χ2v) is 5.65. The molecule has 0 spiro atoms. The molecule has 0 amide bonds. The van der Waals surface area contributed by atoms with Crippen molar-refractivity contribution >= 4 is 0 Å². The molecule has 1 heterocycles. The predicted octanol–water partition coefficient (Wildman–Crippen LogP) is 1.81. The highest BCUT2D eigenvalue weighted by Gasteiger charge is 2.17. The topological polar surface area (TPSA) is 26.7 Å². The third kappa shape index (κ3) is 7.02. The minimum Gasteiger partial charge on any atom is -0.396 e. The fourth-order valence-corrected chi connectivity index (χ4v) is 2.62.